The minimum absolute atomic E-state index is 0.816. The molecule has 0 spiro atoms. The predicted molar refractivity (Wildman–Crippen MR) is 62.3 cm³/mol. The van der Waals surface area contributed by atoms with Gasteiger partial charge in [-0.2, -0.15) is 0 Å². The molecule has 0 radical (unpaired) electrons. The summed E-state index contributed by atoms with van der Waals surface area (Å²) in [6.07, 6.45) is 4.76. The lowest BCUT2D eigenvalue weighted by molar-refractivity contribution is 0.357. The van der Waals surface area contributed by atoms with Crippen molar-refractivity contribution in [3.63, 3.8) is 0 Å². The quantitative estimate of drug-likeness (QED) is 0.653. The van der Waals surface area contributed by atoms with Crippen molar-refractivity contribution in [1.29, 1.82) is 0 Å². The molecule has 2 nitrogen and oxygen atoms in total. The highest BCUT2D eigenvalue weighted by Crippen LogP contribution is 2.31. The summed E-state index contributed by atoms with van der Waals surface area (Å²) in [6.45, 7) is 4.82. The van der Waals surface area contributed by atoms with E-state index in [1.165, 1.54) is 16.3 Å². The number of pyridine rings is 1. The molecule has 3 rings (SSSR count). The van der Waals surface area contributed by atoms with Crippen LogP contribution in [0, 0.1) is 0 Å². The van der Waals surface area contributed by atoms with E-state index < -0.39 is 0 Å². The van der Waals surface area contributed by atoms with Crippen LogP contribution in [-0.2, 0) is 6.42 Å². The van der Waals surface area contributed by atoms with Gasteiger partial charge in [0, 0.05) is 29.8 Å². The van der Waals surface area contributed by atoms with Crippen LogP contribution in [0.2, 0.25) is 0 Å². The number of rotatable bonds is 0. The van der Waals surface area contributed by atoms with Crippen molar-refractivity contribution < 1.29 is 4.74 Å². The second-order valence-corrected chi connectivity index (χ2v) is 3.24. The van der Waals surface area contributed by atoms with Gasteiger partial charge in [-0.15, -0.1) is 0 Å². The standard InChI is InChI=1S/C11H9NO.C2H6/c1-2-11-10(4-6-13-11)9-3-5-12-7-8(1)9;1-2/h1-3,5,7H,4,6H2;1-2H3. The molecule has 0 atom stereocenters. The summed E-state index contributed by atoms with van der Waals surface area (Å²) in [5, 5.41) is 2.48. The fraction of sp³-hybridized carbons (Fsp3) is 0.308. The zero-order chi connectivity index (χ0) is 10.7. The van der Waals surface area contributed by atoms with Crippen LogP contribution >= 0.6 is 0 Å². The normalized spacial score (nSPS) is 12.7. The Morgan fingerprint density at radius 3 is 2.93 bits per heavy atom. The van der Waals surface area contributed by atoms with Crippen LogP contribution in [0.1, 0.15) is 19.4 Å². The Bertz CT molecular complexity index is 465. The number of ether oxygens (including phenoxy) is 1. The number of hydrogen-bond donors (Lipinski definition) is 0. The third kappa shape index (κ3) is 1.67. The average Bonchev–Trinajstić information content (AvgIpc) is 2.80. The fourth-order valence-electron chi connectivity index (χ4n) is 1.87. The zero-order valence-corrected chi connectivity index (χ0v) is 9.16. The Morgan fingerprint density at radius 2 is 2.07 bits per heavy atom. The Labute approximate surface area is 89.9 Å². The number of fused-ring (bicyclic) bond motifs is 3. The van der Waals surface area contributed by atoms with Crippen LogP contribution < -0.4 is 4.74 Å². The Kier molecular flexibility index (Phi) is 2.86. The fourth-order valence-corrected chi connectivity index (χ4v) is 1.87. The van der Waals surface area contributed by atoms with Crippen LogP contribution in [-0.4, -0.2) is 11.6 Å². The SMILES string of the molecule is CC.c1cc2c3c(ccc2cn1)OCC3. The van der Waals surface area contributed by atoms with E-state index in [0.29, 0.717) is 0 Å². The van der Waals surface area contributed by atoms with Crippen molar-refractivity contribution in [2.45, 2.75) is 20.3 Å². The molecule has 1 aromatic heterocycles. The van der Waals surface area contributed by atoms with Gasteiger partial charge in [0.2, 0.25) is 0 Å². The van der Waals surface area contributed by atoms with E-state index in [9.17, 15) is 0 Å². The number of aromatic nitrogens is 1. The van der Waals surface area contributed by atoms with Crippen molar-refractivity contribution >= 4 is 10.8 Å². The van der Waals surface area contributed by atoms with Crippen molar-refractivity contribution in [3.8, 4) is 5.75 Å². The van der Waals surface area contributed by atoms with E-state index in [0.717, 1.165) is 18.8 Å². The molecule has 0 saturated heterocycles. The van der Waals surface area contributed by atoms with E-state index in [2.05, 4.69) is 17.1 Å². The summed E-state index contributed by atoms with van der Waals surface area (Å²) >= 11 is 0. The Hall–Kier alpha value is -1.57. The molecule has 0 unspecified atom stereocenters. The highest BCUT2D eigenvalue weighted by atomic mass is 16.5. The molecule has 0 bridgehead atoms. The van der Waals surface area contributed by atoms with E-state index in [-0.39, 0.29) is 0 Å². The molecule has 2 heterocycles. The monoisotopic (exact) mass is 201 g/mol. The van der Waals surface area contributed by atoms with Crippen LogP contribution in [0.25, 0.3) is 10.8 Å². The molecule has 15 heavy (non-hydrogen) atoms. The van der Waals surface area contributed by atoms with Crippen molar-refractivity contribution in [2.75, 3.05) is 6.61 Å². The highest BCUT2D eigenvalue weighted by Gasteiger charge is 2.14. The molecule has 1 aliphatic heterocycles. The smallest absolute Gasteiger partial charge is 0.123 e. The van der Waals surface area contributed by atoms with E-state index in [1.54, 1.807) is 0 Å². The second kappa shape index (κ2) is 4.30. The van der Waals surface area contributed by atoms with Crippen molar-refractivity contribution in [2.24, 2.45) is 0 Å². The molecule has 2 aromatic rings. The maximum atomic E-state index is 5.49. The summed E-state index contributed by atoms with van der Waals surface area (Å²) in [5.41, 5.74) is 1.33. The van der Waals surface area contributed by atoms with E-state index in [4.69, 9.17) is 4.74 Å². The third-order valence-corrected chi connectivity index (χ3v) is 2.50. The predicted octanol–water partition coefficient (Wildman–Crippen LogP) is 3.20. The molecular weight excluding hydrogens is 186 g/mol. The minimum Gasteiger partial charge on any atom is -0.493 e. The number of benzene rings is 1. The van der Waals surface area contributed by atoms with Gasteiger partial charge in [-0.1, -0.05) is 13.8 Å². The maximum Gasteiger partial charge on any atom is 0.123 e. The van der Waals surface area contributed by atoms with Gasteiger partial charge in [0.1, 0.15) is 5.75 Å². The summed E-state index contributed by atoms with van der Waals surface area (Å²) in [4.78, 5) is 4.10. The Morgan fingerprint density at radius 1 is 1.20 bits per heavy atom. The van der Waals surface area contributed by atoms with Gasteiger partial charge in [-0.25, -0.2) is 0 Å². The lowest BCUT2D eigenvalue weighted by Crippen LogP contribution is -1.85. The molecule has 0 N–H and O–H groups in total. The van der Waals surface area contributed by atoms with E-state index >= 15 is 0 Å². The molecule has 1 aliphatic rings. The van der Waals surface area contributed by atoms with Crippen LogP contribution in [0.4, 0.5) is 0 Å². The number of nitrogens with zero attached hydrogens (tertiary/aromatic N) is 1. The highest BCUT2D eigenvalue weighted by molar-refractivity contribution is 5.87. The van der Waals surface area contributed by atoms with Crippen LogP contribution in [0.15, 0.2) is 30.6 Å². The van der Waals surface area contributed by atoms with Gasteiger partial charge in [0.25, 0.3) is 0 Å². The van der Waals surface area contributed by atoms with Gasteiger partial charge in [0.15, 0.2) is 0 Å². The third-order valence-electron chi connectivity index (χ3n) is 2.50. The first-order chi connectivity index (χ1) is 7.45. The first-order valence-electron chi connectivity index (χ1n) is 5.43. The molecule has 0 amide bonds. The van der Waals surface area contributed by atoms with Crippen molar-refractivity contribution in [3.05, 3.63) is 36.2 Å². The molecule has 0 fully saturated rings. The average molecular weight is 201 g/mol. The molecule has 0 aliphatic carbocycles. The van der Waals surface area contributed by atoms with Gasteiger partial charge >= 0.3 is 0 Å². The number of hydrogen-bond acceptors (Lipinski definition) is 2. The van der Waals surface area contributed by atoms with Gasteiger partial charge in [-0.3, -0.25) is 4.98 Å². The first kappa shape index (κ1) is 9.97. The summed E-state index contributed by atoms with van der Waals surface area (Å²) in [6, 6.07) is 6.15. The lowest BCUT2D eigenvalue weighted by Gasteiger charge is -2.02. The van der Waals surface area contributed by atoms with Gasteiger partial charge in [-0.05, 0) is 23.6 Å². The first-order valence-corrected chi connectivity index (χ1v) is 5.43. The van der Waals surface area contributed by atoms with Crippen molar-refractivity contribution in [1.82, 2.24) is 4.98 Å². The summed E-state index contributed by atoms with van der Waals surface area (Å²) in [7, 11) is 0. The molecular formula is C13H15NO. The van der Waals surface area contributed by atoms with Gasteiger partial charge < -0.3 is 4.74 Å². The van der Waals surface area contributed by atoms with Gasteiger partial charge in [0.05, 0.1) is 6.61 Å². The second-order valence-electron chi connectivity index (χ2n) is 3.24. The topological polar surface area (TPSA) is 22.1 Å². The minimum atomic E-state index is 0.816. The van der Waals surface area contributed by atoms with Crippen LogP contribution in [0.5, 0.6) is 5.75 Å². The van der Waals surface area contributed by atoms with Crippen LogP contribution in [0.3, 0.4) is 0 Å². The molecule has 78 valence electrons. The molecule has 1 aromatic carbocycles. The zero-order valence-electron chi connectivity index (χ0n) is 9.16. The molecule has 0 saturated carbocycles. The largest absolute Gasteiger partial charge is 0.493 e. The molecule has 2 heteroatoms. The van der Waals surface area contributed by atoms with E-state index in [1.807, 2.05) is 32.3 Å². The maximum absolute atomic E-state index is 5.49. The summed E-state index contributed by atoms with van der Waals surface area (Å²) < 4.78 is 5.49. The summed E-state index contributed by atoms with van der Waals surface area (Å²) in [5.74, 6) is 1.04. The lowest BCUT2D eigenvalue weighted by atomic mass is 10.0. The Balaban J connectivity index is 0.000000404.